The Labute approximate surface area is 64.5 Å². The Hall–Kier alpha value is -1.09. The number of nitrogens with two attached hydrogens (primary N) is 1. The number of rotatable bonds is 1. The highest BCUT2D eigenvalue weighted by Gasteiger charge is 2.35. The van der Waals surface area contributed by atoms with Crippen LogP contribution in [0.15, 0.2) is 29.2 Å². The van der Waals surface area contributed by atoms with E-state index in [9.17, 15) is 4.79 Å². The first-order valence-corrected chi connectivity index (χ1v) is 3.72. The van der Waals surface area contributed by atoms with Crippen LogP contribution in [0.1, 0.15) is 12.5 Å². The van der Waals surface area contributed by atoms with Gasteiger partial charge in [-0.1, -0.05) is 6.07 Å². The van der Waals surface area contributed by atoms with E-state index in [1.807, 2.05) is 6.07 Å². The molecule has 2 unspecified atom stereocenters. The molecule has 1 aliphatic carbocycles. The summed E-state index contributed by atoms with van der Waals surface area (Å²) in [5, 5.41) is 0. The lowest BCUT2D eigenvalue weighted by Crippen LogP contribution is -2.19. The van der Waals surface area contributed by atoms with Crippen molar-refractivity contribution >= 4 is 0 Å². The van der Waals surface area contributed by atoms with E-state index in [2.05, 4.69) is 0 Å². The zero-order valence-corrected chi connectivity index (χ0v) is 6.10. The quantitative estimate of drug-likeness (QED) is 0.618. The molecule has 1 aromatic heterocycles. The maximum Gasteiger partial charge on any atom is 0.250 e. The number of hydrogen-bond acceptors (Lipinski definition) is 2. The van der Waals surface area contributed by atoms with E-state index in [-0.39, 0.29) is 17.6 Å². The van der Waals surface area contributed by atoms with Crippen molar-refractivity contribution in [3.63, 3.8) is 0 Å². The number of pyridine rings is 1. The second kappa shape index (κ2) is 2.20. The third kappa shape index (κ3) is 1.07. The normalized spacial score (nSPS) is 28.5. The Morgan fingerprint density at radius 3 is 2.82 bits per heavy atom. The molecule has 0 spiro atoms. The van der Waals surface area contributed by atoms with Crippen molar-refractivity contribution in [2.24, 2.45) is 5.73 Å². The zero-order valence-electron chi connectivity index (χ0n) is 6.10. The summed E-state index contributed by atoms with van der Waals surface area (Å²) >= 11 is 0. The van der Waals surface area contributed by atoms with Gasteiger partial charge in [0.2, 0.25) is 0 Å². The summed E-state index contributed by atoms with van der Waals surface area (Å²) in [6.45, 7) is 0. The van der Waals surface area contributed by atoms with Gasteiger partial charge >= 0.3 is 0 Å². The van der Waals surface area contributed by atoms with Crippen molar-refractivity contribution in [1.29, 1.82) is 0 Å². The van der Waals surface area contributed by atoms with E-state index in [0.29, 0.717) is 0 Å². The van der Waals surface area contributed by atoms with E-state index in [1.165, 1.54) is 0 Å². The molecule has 2 N–H and O–H groups in total. The highest BCUT2D eigenvalue weighted by molar-refractivity contribution is 5.03. The highest BCUT2D eigenvalue weighted by Crippen LogP contribution is 2.31. The van der Waals surface area contributed by atoms with Gasteiger partial charge in [0, 0.05) is 18.3 Å². The maximum absolute atomic E-state index is 11.2. The molecule has 1 aromatic rings. The minimum absolute atomic E-state index is 0.0467. The molecule has 0 amide bonds. The fourth-order valence-electron chi connectivity index (χ4n) is 1.23. The second-order valence-corrected chi connectivity index (χ2v) is 2.91. The van der Waals surface area contributed by atoms with E-state index in [1.54, 1.807) is 22.9 Å². The molecule has 3 heteroatoms. The summed E-state index contributed by atoms with van der Waals surface area (Å²) < 4.78 is 1.70. The fourth-order valence-corrected chi connectivity index (χ4v) is 1.23. The number of hydrogen-bond donors (Lipinski definition) is 1. The van der Waals surface area contributed by atoms with Gasteiger partial charge in [-0.2, -0.15) is 0 Å². The molecule has 1 aliphatic rings. The minimum Gasteiger partial charge on any atom is -0.326 e. The fraction of sp³-hybridized carbons (Fsp3) is 0.375. The smallest absolute Gasteiger partial charge is 0.250 e. The molecule has 2 rings (SSSR count). The lowest BCUT2D eigenvalue weighted by Gasteiger charge is -2.00. The van der Waals surface area contributed by atoms with Gasteiger partial charge in [-0.25, -0.2) is 0 Å². The largest absolute Gasteiger partial charge is 0.326 e. The molecule has 0 bridgehead atoms. The van der Waals surface area contributed by atoms with Crippen molar-refractivity contribution in [2.75, 3.05) is 0 Å². The van der Waals surface area contributed by atoms with Crippen LogP contribution in [0.3, 0.4) is 0 Å². The topological polar surface area (TPSA) is 48.0 Å². The van der Waals surface area contributed by atoms with Gasteiger partial charge in [-0.05, 0) is 12.5 Å². The summed E-state index contributed by atoms with van der Waals surface area (Å²) in [6, 6.07) is 5.60. The molecule has 0 saturated heterocycles. The molecule has 1 heterocycles. The average molecular weight is 150 g/mol. The third-order valence-electron chi connectivity index (χ3n) is 2.01. The Bertz CT molecular complexity index is 318. The van der Waals surface area contributed by atoms with Crippen LogP contribution < -0.4 is 11.3 Å². The molecular formula is C8H10N2O. The van der Waals surface area contributed by atoms with Crippen molar-refractivity contribution in [1.82, 2.24) is 4.57 Å². The van der Waals surface area contributed by atoms with Crippen LogP contribution in [0.5, 0.6) is 0 Å². The Kier molecular flexibility index (Phi) is 1.32. The second-order valence-electron chi connectivity index (χ2n) is 2.91. The standard InChI is InChI=1S/C8H10N2O/c9-6-5-7(6)10-4-2-1-3-8(10)11/h1-4,6-7H,5,9H2. The molecule has 58 valence electrons. The van der Waals surface area contributed by atoms with Crippen molar-refractivity contribution < 1.29 is 0 Å². The van der Waals surface area contributed by atoms with Gasteiger partial charge in [-0.15, -0.1) is 0 Å². The van der Waals surface area contributed by atoms with Gasteiger partial charge in [0.25, 0.3) is 5.56 Å². The molecule has 0 radical (unpaired) electrons. The zero-order chi connectivity index (χ0) is 7.84. The van der Waals surface area contributed by atoms with E-state index < -0.39 is 0 Å². The van der Waals surface area contributed by atoms with E-state index in [4.69, 9.17) is 5.73 Å². The Morgan fingerprint density at radius 1 is 1.55 bits per heavy atom. The summed E-state index contributed by atoms with van der Waals surface area (Å²) in [6.07, 6.45) is 2.73. The van der Waals surface area contributed by atoms with Crippen LogP contribution in [-0.2, 0) is 0 Å². The first kappa shape index (κ1) is 6.61. The third-order valence-corrected chi connectivity index (χ3v) is 2.01. The summed E-state index contributed by atoms with van der Waals surface area (Å²) in [4.78, 5) is 11.2. The van der Waals surface area contributed by atoms with Crippen LogP contribution in [0.2, 0.25) is 0 Å². The minimum atomic E-state index is 0.0467. The first-order valence-electron chi connectivity index (χ1n) is 3.72. The SMILES string of the molecule is NC1CC1n1ccccc1=O. The summed E-state index contributed by atoms with van der Waals surface area (Å²) in [5.41, 5.74) is 5.65. The van der Waals surface area contributed by atoms with Crippen molar-refractivity contribution in [3.8, 4) is 0 Å². The predicted molar refractivity (Wildman–Crippen MR) is 42.3 cm³/mol. The average Bonchev–Trinajstić information content (AvgIpc) is 2.68. The molecule has 0 aliphatic heterocycles. The van der Waals surface area contributed by atoms with Crippen LogP contribution in [-0.4, -0.2) is 10.6 Å². The van der Waals surface area contributed by atoms with E-state index in [0.717, 1.165) is 6.42 Å². The van der Waals surface area contributed by atoms with Gasteiger partial charge in [0.1, 0.15) is 0 Å². The predicted octanol–water partition coefficient (Wildman–Crippen LogP) is 0.120. The monoisotopic (exact) mass is 150 g/mol. The Morgan fingerprint density at radius 2 is 2.27 bits per heavy atom. The Balaban J connectivity index is 2.39. The molecule has 1 saturated carbocycles. The molecule has 1 fully saturated rings. The van der Waals surface area contributed by atoms with E-state index >= 15 is 0 Å². The lowest BCUT2D eigenvalue weighted by atomic mass is 10.4. The molecular weight excluding hydrogens is 140 g/mol. The summed E-state index contributed by atoms with van der Waals surface area (Å²) in [5.74, 6) is 0. The molecule has 3 nitrogen and oxygen atoms in total. The summed E-state index contributed by atoms with van der Waals surface area (Å²) in [7, 11) is 0. The van der Waals surface area contributed by atoms with Gasteiger partial charge in [0.05, 0.1) is 6.04 Å². The van der Waals surface area contributed by atoms with Crippen LogP contribution in [0.4, 0.5) is 0 Å². The first-order chi connectivity index (χ1) is 5.29. The van der Waals surface area contributed by atoms with Gasteiger partial charge in [0.15, 0.2) is 0 Å². The molecule has 0 aromatic carbocycles. The number of nitrogens with zero attached hydrogens (tertiary/aromatic N) is 1. The maximum atomic E-state index is 11.2. The van der Waals surface area contributed by atoms with Crippen LogP contribution >= 0.6 is 0 Å². The molecule has 2 atom stereocenters. The lowest BCUT2D eigenvalue weighted by molar-refractivity contribution is 0.682. The van der Waals surface area contributed by atoms with Crippen molar-refractivity contribution in [3.05, 3.63) is 34.7 Å². The van der Waals surface area contributed by atoms with Crippen LogP contribution in [0.25, 0.3) is 0 Å². The molecule has 11 heavy (non-hydrogen) atoms. The van der Waals surface area contributed by atoms with Gasteiger partial charge < -0.3 is 10.3 Å². The van der Waals surface area contributed by atoms with Crippen molar-refractivity contribution in [2.45, 2.75) is 18.5 Å². The van der Waals surface area contributed by atoms with Crippen LogP contribution in [0, 0.1) is 0 Å². The van der Waals surface area contributed by atoms with Gasteiger partial charge in [-0.3, -0.25) is 4.79 Å². The number of aromatic nitrogens is 1. The highest BCUT2D eigenvalue weighted by atomic mass is 16.1.